The van der Waals surface area contributed by atoms with Gasteiger partial charge in [-0.25, -0.2) is 9.97 Å². The fourth-order valence-corrected chi connectivity index (χ4v) is 2.75. The molecule has 1 atom stereocenters. The van der Waals surface area contributed by atoms with Crippen LogP contribution in [0, 0.1) is 12.3 Å². The molecule has 1 unspecified atom stereocenters. The van der Waals surface area contributed by atoms with Crippen LogP contribution in [-0.4, -0.2) is 22.6 Å². The number of aryl methyl sites for hydroxylation is 1. The molecule has 1 aromatic rings. The number of hydrogen-bond acceptors (Lipinski definition) is 4. The summed E-state index contributed by atoms with van der Waals surface area (Å²) in [7, 11) is 0. The second kappa shape index (κ2) is 5.76. The summed E-state index contributed by atoms with van der Waals surface area (Å²) in [5, 5.41) is 6.89. The summed E-state index contributed by atoms with van der Waals surface area (Å²) in [4.78, 5) is 8.90. The van der Waals surface area contributed by atoms with Crippen LogP contribution in [0.4, 0.5) is 11.6 Å². The van der Waals surface area contributed by atoms with Crippen LogP contribution in [0.3, 0.4) is 0 Å². The van der Waals surface area contributed by atoms with E-state index in [1.807, 2.05) is 13.0 Å². The van der Waals surface area contributed by atoms with Crippen LogP contribution in [0.2, 0.25) is 0 Å². The lowest BCUT2D eigenvalue weighted by atomic mass is 9.92. The maximum absolute atomic E-state index is 4.49. The first-order valence-electron chi connectivity index (χ1n) is 7.34. The predicted octanol–water partition coefficient (Wildman–Crippen LogP) is 3.60. The molecule has 1 aliphatic rings. The first kappa shape index (κ1) is 14.1. The molecule has 4 heteroatoms. The molecule has 2 rings (SSSR count). The van der Waals surface area contributed by atoms with Crippen molar-refractivity contribution >= 4 is 11.6 Å². The summed E-state index contributed by atoms with van der Waals surface area (Å²) in [5.41, 5.74) is 0.461. The first-order valence-corrected chi connectivity index (χ1v) is 7.34. The summed E-state index contributed by atoms with van der Waals surface area (Å²) in [5.74, 6) is 2.70. The summed E-state index contributed by atoms with van der Waals surface area (Å²) >= 11 is 0. The zero-order valence-electron chi connectivity index (χ0n) is 12.6. The van der Waals surface area contributed by atoms with Gasteiger partial charge in [-0.1, -0.05) is 20.8 Å². The number of nitrogens with zero attached hydrogens (tertiary/aromatic N) is 2. The highest BCUT2D eigenvalue weighted by Crippen LogP contribution is 2.38. The number of nitrogens with one attached hydrogen (secondary N) is 2. The molecule has 1 saturated carbocycles. The summed E-state index contributed by atoms with van der Waals surface area (Å²) < 4.78 is 0. The standard InChI is InChI=1S/C15H26N4/c1-5-8-16-13-9-14(18-11(2)17-13)19-12-6-7-15(3,4)10-12/h9,12H,5-8,10H2,1-4H3,(H2,16,17,18,19). The minimum atomic E-state index is 0.461. The topological polar surface area (TPSA) is 49.8 Å². The predicted molar refractivity (Wildman–Crippen MR) is 80.6 cm³/mol. The van der Waals surface area contributed by atoms with Gasteiger partial charge in [0.2, 0.25) is 0 Å². The molecule has 0 aliphatic heterocycles. The van der Waals surface area contributed by atoms with Gasteiger partial charge in [0.05, 0.1) is 0 Å². The normalized spacial score (nSPS) is 21.4. The lowest BCUT2D eigenvalue weighted by Crippen LogP contribution is -2.19. The largest absolute Gasteiger partial charge is 0.370 e. The third kappa shape index (κ3) is 4.08. The lowest BCUT2D eigenvalue weighted by Gasteiger charge is -2.18. The molecule has 1 aliphatic carbocycles. The Morgan fingerprint density at radius 2 is 2.05 bits per heavy atom. The van der Waals surface area contributed by atoms with E-state index in [-0.39, 0.29) is 0 Å². The van der Waals surface area contributed by atoms with Crippen molar-refractivity contribution in [2.45, 2.75) is 59.4 Å². The number of anilines is 2. The van der Waals surface area contributed by atoms with Gasteiger partial charge in [-0.05, 0) is 38.0 Å². The zero-order valence-corrected chi connectivity index (χ0v) is 12.6. The van der Waals surface area contributed by atoms with E-state index in [9.17, 15) is 0 Å². The van der Waals surface area contributed by atoms with Crippen LogP contribution in [-0.2, 0) is 0 Å². The van der Waals surface area contributed by atoms with Crippen LogP contribution in [0.5, 0.6) is 0 Å². The third-order valence-corrected chi connectivity index (χ3v) is 3.71. The molecule has 0 aromatic carbocycles. The second-order valence-electron chi connectivity index (χ2n) is 6.36. The van der Waals surface area contributed by atoms with E-state index >= 15 is 0 Å². The van der Waals surface area contributed by atoms with Crippen molar-refractivity contribution in [2.75, 3.05) is 17.2 Å². The van der Waals surface area contributed by atoms with Crippen molar-refractivity contribution in [2.24, 2.45) is 5.41 Å². The molecule has 0 saturated heterocycles. The fraction of sp³-hybridized carbons (Fsp3) is 0.733. The van der Waals surface area contributed by atoms with Gasteiger partial charge in [-0.2, -0.15) is 0 Å². The second-order valence-corrected chi connectivity index (χ2v) is 6.36. The lowest BCUT2D eigenvalue weighted by molar-refractivity contribution is 0.378. The van der Waals surface area contributed by atoms with Crippen molar-refractivity contribution in [3.8, 4) is 0 Å². The Hall–Kier alpha value is -1.32. The summed E-state index contributed by atoms with van der Waals surface area (Å²) in [6, 6.07) is 2.57. The van der Waals surface area contributed by atoms with Gasteiger partial charge in [0.1, 0.15) is 17.5 Å². The molecular formula is C15H26N4. The van der Waals surface area contributed by atoms with Crippen molar-refractivity contribution in [3.05, 3.63) is 11.9 Å². The van der Waals surface area contributed by atoms with Crippen LogP contribution >= 0.6 is 0 Å². The average Bonchev–Trinajstić information content (AvgIpc) is 2.65. The number of aromatic nitrogens is 2. The average molecular weight is 262 g/mol. The van der Waals surface area contributed by atoms with Crippen molar-refractivity contribution < 1.29 is 0 Å². The molecule has 0 radical (unpaired) electrons. The van der Waals surface area contributed by atoms with Crippen LogP contribution in [0.1, 0.15) is 52.3 Å². The Balaban J connectivity index is 2.02. The monoisotopic (exact) mass is 262 g/mol. The quantitative estimate of drug-likeness (QED) is 0.851. The van der Waals surface area contributed by atoms with Crippen molar-refractivity contribution in [3.63, 3.8) is 0 Å². The van der Waals surface area contributed by atoms with Crippen LogP contribution in [0.15, 0.2) is 6.07 Å². The van der Waals surface area contributed by atoms with Crippen LogP contribution in [0.25, 0.3) is 0 Å². The van der Waals surface area contributed by atoms with E-state index in [1.54, 1.807) is 0 Å². The highest BCUT2D eigenvalue weighted by atomic mass is 15.1. The zero-order chi connectivity index (χ0) is 13.9. The van der Waals surface area contributed by atoms with Crippen molar-refractivity contribution in [1.82, 2.24) is 9.97 Å². The van der Waals surface area contributed by atoms with E-state index in [0.29, 0.717) is 11.5 Å². The van der Waals surface area contributed by atoms with Crippen LogP contribution < -0.4 is 10.6 Å². The molecule has 106 valence electrons. The highest BCUT2D eigenvalue weighted by molar-refractivity contribution is 5.48. The van der Waals surface area contributed by atoms with E-state index in [2.05, 4.69) is 41.4 Å². The third-order valence-electron chi connectivity index (χ3n) is 3.71. The smallest absolute Gasteiger partial charge is 0.132 e. The van der Waals surface area contributed by atoms with Gasteiger partial charge in [0.25, 0.3) is 0 Å². The molecule has 2 N–H and O–H groups in total. The Kier molecular flexibility index (Phi) is 4.27. The van der Waals surface area contributed by atoms with Gasteiger partial charge in [0.15, 0.2) is 0 Å². The molecular weight excluding hydrogens is 236 g/mol. The Morgan fingerprint density at radius 1 is 1.32 bits per heavy atom. The van der Waals surface area contributed by atoms with Gasteiger partial charge >= 0.3 is 0 Å². The number of hydrogen-bond donors (Lipinski definition) is 2. The SMILES string of the molecule is CCCNc1cc(NC2CCC(C)(C)C2)nc(C)n1. The molecule has 1 fully saturated rings. The number of rotatable bonds is 5. The van der Waals surface area contributed by atoms with Gasteiger partial charge < -0.3 is 10.6 Å². The first-order chi connectivity index (χ1) is 8.98. The van der Waals surface area contributed by atoms with E-state index in [4.69, 9.17) is 0 Å². The Labute approximate surface area is 116 Å². The van der Waals surface area contributed by atoms with E-state index in [1.165, 1.54) is 19.3 Å². The van der Waals surface area contributed by atoms with Gasteiger partial charge in [-0.15, -0.1) is 0 Å². The summed E-state index contributed by atoms with van der Waals surface area (Å²) in [6.45, 7) is 9.73. The fourth-order valence-electron chi connectivity index (χ4n) is 2.75. The minimum Gasteiger partial charge on any atom is -0.370 e. The van der Waals surface area contributed by atoms with Gasteiger partial charge in [-0.3, -0.25) is 0 Å². The van der Waals surface area contributed by atoms with Gasteiger partial charge in [0, 0.05) is 18.7 Å². The molecule has 1 aromatic heterocycles. The summed E-state index contributed by atoms with van der Waals surface area (Å²) in [6.07, 6.45) is 4.83. The molecule has 4 nitrogen and oxygen atoms in total. The molecule has 0 spiro atoms. The minimum absolute atomic E-state index is 0.461. The van der Waals surface area contributed by atoms with Crippen molar-refractivity contribution in [1.29, 1.82) is 0 Å². The maximum atomic E-state index is 4.49. The van der Waals surface area contributed by atoms with E-state index < -0.39 is 0 Å². The Bertz CT molecular complexity index is 428. The highest BCUT2D eigenvalue weighted by Gasteiger charge is 2.30. The molecule has 0 amide bonds. The molecule has 19 heavy (non-hydrogen) atoms. The molecule has 0 bridgehead atoms. The Morgan fingerprint density at radius 3 is 2.68 bits per heavy atom. The molecule has 1 heterocycles. The van der Waals surface area contributed by atoms with E-state index in [0.717, 1.165) is 30.4 Å². The maximum Gasteiger partial charge on any atom is 0.132 e.